The van der Waals surface area contributed by atoms with Gasteiger partial charge in [-0.05, 0) is 44.2 Å². The van der Waals surface area contributed by atoms with E-state index in [2.05, 4.69) is 0 Å². The predicted molar refractivity (Wildman–Crippen MR) is 98.2 cm³/mol. The molecule has 1 aliphatic carbocycles. The molecule has 0 unspecified atom stereocenters. The van der Waals surface area contributed by atoms with Crippen LogP contribution in [0.3, 0.4) is 0 Å². The van der Waals surface area contributed by atoms with Crippen molar-refractivity contribution in [3.05, 3.63) is 36.4 Å². The second kappa shape index (κ2) is 6.07. The molecule has 3 atom stereocenters. The van der Waals surface area contributed by atoms with Crippen LogP contribution >= 0.6 is 0 Å². The molecule has 2 aromatic rings. The van der Waals surface area contributed by atoms with Crippen LogP contribution < -0.4 is 10.4 Å². The number of hydrogen-bond acceptors (Lipinski definition) is 3. The number of nitrogens with two attached hydrogens (primary N) is 1. The first-order valence-corrected chi connectivity index (χ1v) is 9.03. The summed E-state index contributed by atoms with van der Waals surface area (Å²) in [6, 6.07) is 11.5. The summed E-state index contributed by atoms with van der Waals surface area (Å²) in [7, 11) is 1.77. The first-order valence-electron chi connectivity index (χ1n) is 9.03. The predicted octanol–water partition coefficient (Wildman–Crippen LogP) is 1.79. The first-order chi connectivity index (χ1) is 12.5. The lowest BCUT2D eigenvalue weighted by Crippen LogP contribution is -2.73. The second-order valence-corrected chi connectivity index (χ2v) is 7.54. The molecule has 2 bridgehead atoms. The van der Waals surface area contributed by atoms with Gasteiger partial charge in [-0.15, -0.1) is 0 Å². The Morgan fingerprint density at radius 3 is 2.69 bits per heavy atom. The Balaban J connectivity index is 1.77. The van der Waals surface area contributed by atoms with Crippen LogP contribution in [0.4, 0.5) is 11.4 Å². The van der Waals surface area contributed by atoms with Gasteiger partial charge in [-0.3, -0.25) is 9.59 Å². The zero-order valence-electron chi connectivity index (χ0n) is 15.1. The largest absolute Gasteiger partial charge is 0.328 e. The maximum Gasteiger partial charge on any atom is 0.252 e. The van der Waals surface area contributed by atoms with Crippen molar-refractivity contribution >= 4 is 34.5 Å². The second-order valence-electron chi connectivity index (χ2n) is 7.54. The number of carbonyl (C=O) groups is 2. The van der Waals surface area contributed by atoms with Crippen LogP contribution in [0.2, 0.25) is 0 Å². The van der Waals surface area contributed by atoms with Gasteiger partial charge in [-0.2, -0.15) is 5.48 Å². The van der Waals surface area contributed by atoms with Crippen molar-refractivity contribution < 1.29 is 20.3 Å². The molecule has 2 fully saturated rings. The number of amides is 2. The van der Waals surface area contributed by atoms with Gasteiger partial charge < -0.3 is 9.80 Å². The van der Waals surface area contributed by atoms with E-state index >= 15 is 0 Å². The summed E-state index contributed by atoms with van der Waals surface area (Å²) in [5.74, 6) is 0.159. The quantitative estimate of drug-likeness (QED) is 0.499. The number of likely N-dealkylation sites (N-methyl/N-ethyl adjacent to an activating group) is 1. The summed E-state index contributed by atoms with van der Waals surface area (Å²) in [5.41, 5.74) is 1.79. The average Bonchev–Trinajstić information content (AvgIpc) is 3.26. The van der Waals surface area contributed by atoms with Crippen LogP contribution in [-0.2, 0) is 9.59 Å². The van der Waals surface area contributed by atoms with Crippen molar-refractivity contribution in [2.24, 2.45) is 5.92 Å². The first kappa shape index (κ1) is 17.0. The third-order valence-electron chi connectivity index (χ3n) is 6.42. The summed E-state index contributed by atoms with van der Waals surface area (Å²) >= 11 is 0. The monoisotopic (exact) mass is 354 g/mol. The van der Waals surface area contributed by atoms with E-state index in [0.717, 1.165) is 47.6 Å². The highest BCUT2D eigenvalue weighted by molar-refractivity contribution is 6.09. The van der Waals surface area contributed by atoms with Gasteiger partial charge in [0.2, 0.25) is 6.41 Å². The molecule has 6 heteroatoms. The van der Waals surface area contributed by atoms with Gasteiger partial charge in [0.1, 0.15) is 5.54 Å². The smallest absolute Gasteiger partial charge is 0.252 e. The Hall–Kier alpha value is -2.44. The molecule has 0 spiro atoms. The molecule has 1 saturated carbocycles. The van der Waals surface area contributed by atoms with E-state index in [-0.39, 0.29) is 17.9 Å². The molecule has 2 aromatic carbocycles. The third-order valence-corrected chi connectivity index (χ3v) is 6.42. The lowest BCUT2D eigenvalue weighted by atomic mass is 9.83. The Labute approximate surface area is 152 Å². The van der Waals surface area contributed by atoms with Gasteiger partial charge in [-0.1, -0.05) is 18.2 Å². The molecule has 3 N–H and O–H groups in total. The van der Waals surface area contributed by atoms with Crippen molar-refractivity contribution in [1.82, 2.24) is 4.90 Å². The Morgan fingerprint density at radius 1 is 1.27 bits per heavy atom. The van der Waals surface area contributed by atoms with E-state index in [1.165, 1.54) is 0 Å². The fourth-order valence-corrected chi connectivity index (χ4v) is 4.95. The molecular weight excluding hydrogens is 330 g/mol. The molecule has 2 aliphatic rings. The highest BCUT2D eigenvalue weighted by Crippen LogP contribution is 2.49. The maximum absolute atomic E-state index is 13.5. The fourth-order valence-electron chi connectivity index (χ4n) is 4.95. The number of quaternary nitrogens is 1. The standard InChI is InChI=1S/C20H23N3O3/c1-20(13-7-8-14(11-13)23(20)12-24)19(25)22(2)18-10-9-17(21-26)15-5-3-4-6-16(15)18/h3-6,9-10,12-14,21,26H,7-8,11H2,1-2H3/p+1/t13-,14+,20+/m0/s1. The molecule has 1 saturated heterocycles. The Bertz CT molecular complexity index is 884. The van der Waals surface area contributed by atoms with Crippen LogP contribution in [0.5, 0.6) is 0 Å². The number of fused-ring (bicyclic) bond motifs is 3. The minimum atomic E-state index is -0.789. The summed E-state index contributed by atoms with van der Waals surface area (Å²) in [4.78, 5) is 28.6. The summed E-state index contributed by atoms with van der Waals surface area (Å²) in [6.07, 6.45) is 3.73. The lowest BCUT2D eigenvalue weighted by Gasteiger charge is -2.43. The summed E-state index contributed by atoms with van der Waals surface area (Å²) in [6.45, 7) is 1.90. The number of anilines is 1. The number of piperidine rings is 1. The van der Waals surface area contributed by atoms with Crippen molar-refractivity contribution in [2.45, 2.75) is 37.8 Å². The van der Waals surface area contributed by atoms with Crippen molar-refractivity contribution in [3.63, 3.8) is 0 Å². The average molecular weight is 354 g/mol. The van der Waals surface area contributed by atoms with E-state index in [4.69, 9.17) is 0 Å². The number of rotatable bonds is 4. The molecule has 0 radical (unpaired) electrons. The normalized spacial score (nSPS) is 27.1. The lowest BCUT2D eigenvalue weighted by molar-refractivity contribution is -0.824. The SMILES string of the molecule is CN(C(=O)[C@@]1(C)[C@H]2CC[C@H](C2)N1C=O)c1ccc([NH2+]O)c2ccccc12. The van der Waals surface area contributed by atoms with Gasteiger partial charge in [0.05, 0.1) is 5.69 Å². The molecule has 0 aromatic heterocycles. The molecule has 4 rings (SSSR count). The molecule has 136 valence electrons. The molecule has 26 heavy (non-hydrogen) atoms. The topological polar surface area (TPSA) is 77.5 Å². The number of likely N-dealkylation sites (tertiary alicyclic amines) is 1. The van der Waals surface area contributed by atoms with E-state index in [9.17, 15) is 14.8 Å². The minimum Gasteiger partial charge on any atom is -0.328 e. The van der Waals surface area contributed by atoms with Crippen LogP contribution in [-0.4, -0.2) is 41.1 Å². The van der Waals surface area contributed by atoms with Crippen LogP contribution in [0.1, 0.15) is 26.2 Å². The molecule has 2 amide bonds. The van der Waals surface area contributed by atoms with Crippen LogP contribution in [0.25, 0.3) is 10.8 Å². The van der Waals surface area contributed by atoms with E-state index < -0.39 is 5.54 Å². The van der Waals surface area contributed by atoms with E-state index in [1.807, 2.05) is 43.3 Å². The van der Waals surface area contributed by atoms with Crippen molar-refractivity contribution in [3.8, 4) is 0 Å². The number of benzene rings is 2. The summed E-state index contributed by atoms with van der Waals surface area (Å²) < 4.78 is 0. The molecule has 1 aliphatic heterocycles. The van der Waals surface area contributed by atoms with Crippen molar-refractivity contribution in [2.75, 3.05) is 11.9 Å². The van der Waals surface area contributed by atoms with E-state index in [1.54, 1.807) is 16.8 Å². The number of hydrogen-bond donors (Lipinski definition) is 2. The molecule has 6 nitrogen and oxygen atoms in total. The number of carbonyl (C=O) groups excluding carboxylic acids is 2. The Kier molecular flexibility index (Phi) is 3.97. The highest BCUT2D eigenvalue weighted by atomic mass is 16.5. The molecule has 1 heterocycles. The third kappa shape index (κ3) is 2.19. The highest BCUT2D eigenvalue weighted by Gasteiger charge is 2.58. The van der Waals surface area contributed by atoms with E-state index in [0.29, 0.717) is 5.69 Å². The van der Waals surface area contributed by atoms with Gasteiger partial charge in [0, 0.05) is 29.9 Å². The summed E-state index contributed by atoms with van der Waals surface area (Å²) in [5, 5.41) is 11.3. The Morgan fingerprint density at radius 2 is 2.00 bits per heavy atom. The maximum atomic E-state index is 13.5. The molecular formula is C20H24N3O3+. The fraction of sp³-hybridized carbons (Fsp3) is 0.400. The van der Waals surface area contributed by atoms with Crippen LogP contribution in [0.15, 0.2) is 36.4 Å². The van der Waals surface area contributed by atoms with Gasteiger partial charge in [0.25, 0.3) is 5.91 Å². The zero-order valence-corrected chi connectivity index (χ0v) is 15.1. The van der Waals surface area contributed by atoms with Crippen molar-refractivity contribution in [1.29, 1.82) is 0 Å². The van der Waals surface area contributed by atoms with Gasteiger partial charge in [-0.25, -0.2) is 5.21 Å². The zero-order chi connectivity index (χ0) is 18.5. The van der Waals surface area contributed by atoms with Gasteiger partial charge >= 0.3 is 0 Å². The minimum absolute atomic E-state index is 0.0531. The van der Waals surface area contributed by atoms with Gasteiger partial charge in [0.15, 0.2) is 5.69 Å². The number of nitrogens with zero attached hydrogens (tertiary/aromatic N) is 2. The van der Waals surface area contributed by atoms with Crippen LogP contribution in [0, 0.1) is 5.92 Å².